The Hall–Kier alpha value is -0.830. The van der Waals surface area contributed by atoms with Crippen molar-refractivity contribution in [3.05, 3.63) is 18.0 Å². The summed E-state index contributed by atoms with van der Waals surface area (Å²) in [6.45, 7) is 7.55. The lowest BCUT2D eigenvalue weighted by Gasteiger charge is -2.19. The summed E-state index contributed by atoms with van der Waals surface area (Å²) in [5.74, 6) is 1.94. The predicted molar refractivity (Wildman–Crippen MR) is 73.3 cm³/mol. The number of nitrogens with one attached hydrogen (secondary N) is 1. The molecular formula is C15H25N3. The SMILES string of the molecule is CC(C)(C)n1cc(CNC(C2CC2)C2CC2)cn1. The maximum absolute atomic E-state index is 4.46. The predicted octanol–water partition coefficient (Wildman–Crippen LogP) is 2.92. The van der Waals surface area contributed by atoms with E-state index in [1.807, 2.05) is 6.20 Å². The van der Waals surface area contributed by atoms with E-state index < -0.39 is 0 Å². The summed E-state index contributed by atoms with van der Waals surface area (Å²) in [6, 6.07) is 0.781. The minimum absolute atomic E-state index is 0.0879. The minimum atomic E-state index is 0.0879. The van der Waals surface area contributed by atoms with Crippen molar-refractivity contribution in [2.75, 3.05) is 0 Å². The monoisotopic (exact) mass is 247 g/mol. The first-order valence-electron chi connectivity index (χ1n) is 7.31. The maximum Gasteiger partial charge on any atom is 0.0543 e. The Morgan fingerprint density at radius 3 is 2.33 bits per heavy atom. The second-order valence-corrected chi connectivity index (χ2v) is 7.05. The summed E-state index contributed by atoms with van der Waals surface area (Å²) in [7, 11) is 0. The first kappa shape index (κ1) is 12.2. The summed E-state index contributed by atoms with van der Waals surface area (Å²) >= 11 is 0. The molecule has 3 nitrogen and oxygen atoms in total. The molecule has 0 radical (unpaired) electrons. The van der Waals surface area contributed by atoms with E-state index in [1.54, 1.807) is 0 Å². The van der Waals surface area contributed by atoms with Crippen LogP contribution in [0.2, 0.25) is 0 Å². The second kappa shape index (κ2) is 4.37. The molecular weight excluding hydrogens is 222 g/mol. The van der Waals surface area contributed by atoms with E-state index in [9.17, 15) is 0 Å². The highest BCUT2D eigenvalue weighted by atomic mass is 15.3. The summed E-state index contributed by atoms with van der Waals surface area (Å²) in [4.78, 5) is 0. The molecule has 2 aliphatic rings. The zero-order valence-electron chi connectivity index (χ0n) is 11.8. The van der Waals surface area contributed by atoms with Crippen molar-refractivity contribution in [2.24, 2.45) is 11.8 Å². The van der Waals surface area contributed by atoms with E-state index >= 15 is 0 Å². The van der Waals surface area contributed by atoms with Crippen molar-refractivity contribution in [1.29, 1.82) is 0 Å². The number of hydrogen-bond acceptors (Lipinski definition) is 2. The van der Waals surface area contributed by atoms with Gasteiger partial charge in [-0.3, -0.25) is 4.68 Å². The van der Waals surface area contributed by atoms with Crippen LogP contribution in [-0.4, -0.2) is 15.8 Å². The zero-order chi connectivity index (χ0) is 12.8. The molecule has 0 unspecified atom stereocenters. The van der Waals surface area contributed by atoms with Crippen molar-refractivity contribution >= 4 is 0 Å². The molecule has 2 fully saturated rings. The van der Waals surface area contributed by atoms with Crippen LogP contribution in [-0.2, 0) is 12.1 Å². The number of nitrogens with zero attached hydrogens (tertiary/aromatic N) is 2. The molecule has 0 aromatic carbocycles. The molecule has 0 amide bonds. The third kappa shape index (κ3) is 2.77. The Morgan fingerprint density at radius 2 is 1.89 bits per heavy atom. The molecule has 1 aromatic heterocycles. The second-order valence-electron chi connectivity index (χ2n) is 7.05. The fourth-order valence-electron chi connectivity index (χ4n) is 2.68. The van der Waals surface area contributed by atoms with Crippen LogP contribution in [0, 0.1) is 11.8 Å². The first-order chi connectivity index (χ1) is 8.54. The number of rotatable bonds is 5. The third-order valence-corrected chi connectivity index (χ3v) is 4.13. The first-order valence-corrected chi connectivity index (χ1v) is 7.31. The topological polar surface area (TPSA) is 29.9 Å². The van der Waals surface area contributed by atoms with Crippen LogP contribution < -0.4 is 5.32 Å². The van der Waals surface area contributed by atoms with Gasteiger partial charge in [-0.05, 0) is 58.3 Å². The lowest BCUT2D eigenvalue weighted by molar-refractivity contribution is 0.355. The molecule has 1 aromatic rings. The molecule has 0 saturated heterocycles. The van der Waals surface area contributed by atoms with Crippen LogP contribution in [0.1, 0.15) is 52.0 Å². The highest BCUT2D eigenvalue weighted by Crippen LogP contribution is 2.44. The smallest absolute Gasteiger partial charge is 0.0543 e. The highest BCUT2D eigenvalue weighted by molar-refractivity contribution is 5.06. The van der Waals surface area contributed by atoms with Crippen LogP contribution in [0.5, 0.6) is 0 Å². The van der Waals surface area contributed by atoms with E-state index in [1.165, 1.54) is 31.2 Å². The van der Waals surface area contributed by atoms with E-state index in [0.29, 0.717) is 0 Å². The van der Waals surface area contributed by atoms with Crippen molar-refractivity contribution < 1.29 is 0 Å². The molecule has 2 aliphatic carbocycles. The molecule has 18 heavy (non-hydrogen) atoms. The van der Waals surface area contributed by atoms with Gasteiger partial charge in [0.15, 0.2) is 0 Å². The van der Waals surface area contributed by atoms with E-state index in [0.717, 1.165) is 24.4 Å². The third-order valence-electron chi connectivity index (χ3n) is 4.13. The van der Waals surface area contributed by atoms with Crippen LogP contribution in [0.3, 0.4) is 0 Å². The Labute approximate surface area is 110 Å². The van der Waals surface area contributed by atoms with Crippen LogP contribution in [0.4, 0.5) is 0 Å². The number of aromatic nitrogens is 2. The van der Waals surface area contributed by atoms with Gasteiger partial charge in [0, 0.05) is 24.3 Å². The molecule has 2 saturated carbocycles. The largest absolute Gasteiger partial charge is 0.309 e. The normalized spacial score (nSPS) is 20.7. The Kier molecular flexibility index (Phi) is 2.97. The molecule has 100 valence electrons. The van der Waals surface area contributed by atoms with Crippen molar-refractivity contribution in [3.63, 3.8) is 0 Å². The van der Waals surface area contributed by atoms with Gasteiger partial charge in [-0.2, -0.15) is 5.10 Å². The molecule has 0 spiro atoms. The Morgan fingerprint density at radius 1 is 1.28 bits per heavy atom. The summed E-state index contributed by atoms with van der Waals surface area (Å²) in [5.41, 5.74) is 1.40. The Balaban J connectivity index is 1.57. The van der Waals surface area contributed by atoms with Crippen LogP contribution in [0.15, 0.2) is 12.4 Å². The van der Waals surface area contributed by atoms with Crippen molar-refractivity contribution in [2.45, 2.75) is 64.6 Å². The fourth-order valence-corrected chi connectivity index (χ4v) is 2.68. The fraction of sp³-hybridized carbons (Fsp3) is 0.800. The van der Waals surface area contributed by atoms with Gasteiger partial charge in [0.25, 0.3) is 0 Å². The van der Waals surface area contributed by atoms with Gasteiger partial charge >= 0.3 is 0 Å². The summed E-state index contributed by atoms with van der Waals surface area (Å²) in [5, 5.41) is 8.23. The molecule has 3 rings (SSSR count). The lowest BCUT2D eigenvalue weighted by atomic mass is 10.1. The summed E-state index contributed by atoms with van der Waals surface area (Å²) < 4.78 is 2.06. The van der Waals surface area contributed by atoms with Crippen LogP contribution >= 0.6 is 0 Å². The van der Waals surface area contributed by atoms with E-state index in [4.69, 9.17) is 0 Å². The minimum Gasteiger partial charge on any atom is -0.309 e. The van der Waals surface area contributed by atoms with Gasteiger partial charge in [-0.15, -0.1) is 0 Å². The standard InChI is InChI=1S/C15H25N3/c1-15(2,3)18-10-11(9-17-18)8-16-14(12-4-5-12)13-6-7-13/h9-10,12-14,16H,4-8H2,1-3H3. The lowest BCUT2D eigenvalue weighted by Crippen LogP contribution is -2.32. The van der Waals surface area contributed by atoms with Gasteiger partial charge in [0.2, 0.25) is 0 Å². The molecule has 0 atom stereocenters. The average Bonchev–Trinajstić information content (AvgIpc) is 3.19. The van der Waals surface area contributed by atoms with Gasteiger partial charge in [-0.1, -0.05) is 0 Å². The van der Waals surface area contributed by atoms with Crippen LogP contribution in [0.25, 0.3) is 0 Å². The maximum atomic E-state index is 4.46. The van der Waals surface area contributed by atoms with Gasteiger partial charge in [0.1, 0.15) is 0 Å². The van der Waals surface area contributed by atoms with Crippen molar-refractivity contribution in [1.82, 2.24) is 15.1 Å². The van der Waals surface area contributed by atoms with E-state index in [-0.39, 0.29) is 5.54 Å². The van der Waals surface area contributed by atoms with Gasteiger partial charge in [0.05, 0.1) is 11.7 Å². The molecule has 1 N–H and O–H groups in total. The zero-order valence-corrected chi connectivity index (χ0v) is 11.8. The van der Waals surface area contributed by atoms with E-state index in [2.05, 4.69) is 42.1 Å². The summed E-state index contributed by atoms with van der Waals surface area (Å²) in [6.07, 6.45) is 9.95. The molecule has 1 heterocycles. The average molecular weight is 247 g/mol. The molecule has 0 aliphatic heterocycles. The Bertz CT molecular complexity index is 396. The highest BCUT2D eigenvalue weighted by Gasteiger charge is 2.40. The van der Waals surface area contributed by atoms with Gasteiger partial charge < -0.3 is 5.32 Å². The van der Waals surface area contributed by atoms with Gasteiger partial charge in [-0.25, -0.2) is 0 Å². The number of hydrogen-bond donors (Lipinski definition) is 1. The molecule has 0 bridgehead atoms. The molecule has 3 heteroatoms. The van der Waals surface area contributed by atoms with Crippen molar-refractivity contribution in [3.8, 4) is 0 Å². The quantitative estimate of drug-likeness (QED) is 0.867.